The van der Waals surface area contributed by atoms with Crippen LogP contribution in [0.1, 0.15) is 20.3 Å². The monoisotopic (exact) mass is 111 g/mol. The number of ketones is 2. The molecule has 0 aliphatic carbocycles. The van der Waals surface area contributed by atoms with E-state index < -0.39 is 0 Å². The fourth-order valence-electron chi connectivity index (χ4n) is 0.249. The maximum Gasteiger partial charge on any atom is 0.197 e. The summed E-state index contributed by atoms with van der Waals surface area (Å²) in [5.41, 5.74) is 0. The number of carbonyl (C=O) groups is 2. The van der Waals surface area contributed by atoms with E-state index in [2.05, 4.69) is 0 Å². The van der Waals surface area contributed by atoms with Crippen molar-refractivity contribution >= 4 is 20.0 Å². The second-order valence-electron chi connectivity index (χ2n) is 1.33. The maximum atomic E-state index is 10.2. The van der Waals surface area contributed by atoms with Crippen LogP contribution < -0.4 is 0 Å². The van der Waals surface area contributed by atoms with Gasteiger partial charge >= 0.3 is 0 Å². The molecule has 0 aromatic rings. The topological polar surface area (TPSA) is 34.1 Å². The molecular formula is C5H8BO2. The third-order valence-corrected chi connectivity index (χ3v) is 0.714. The van der Waals surface area contributed by atoms with Crippen molar-refractivity contribution in [3.63, 3.8) is 0 Å². The van der Waals surface area contributed by atoms with Crippen LogP contribution in [0.15, 0.2) is 0 Å². The van der Waals surface area contributed by atoms with Crippen molar-refractivity contribution in [2.24, 2.45) is 0 Å². The molecule has 0 aromatic carbocycles. The molecule has 0 rings (SSSR count). The summed E-state index contributed by atoms with van der Waals surface area (Å²) in [5, 5.41) is 0. The molecule has 0 unspecified atom stereocenters. The van der Waals surface area contributed by atoms with Gasteiger partial charge in [0.1, 0.15) is 0 Å². The van der Waals surface area contributed by atoms with E-state index >= 15 is 0 Å². The highest BCUT2D eigenvalue weighted by Gasteiger charge is 2.00. The quantitative estimate of drug-likeness (QED) is 0.376. The van der Waals surface area contributed by atoms with Crippen molar-refractivity contribution in [3.8, 4) is 0 Å². The Morgan fingerprint density at radius 2 is 1.75 bits per heavy atom. The number of carbonyl (C=O) groups excluding carboxylic acids is 2. The van der Waals surface area contributed by atoms with E-state index in [1.165, 1.54) is 6.92 Å². The smallest absolute Gasteiger partial charge is 0.197 e. The first-order chi connectivity index (χ1) is 3.18. The van der Waals surface area contributed by atoms with E-state index in [0.29, 0.717) is 6.42 Å². The lowest BCUT2D eigenvalue weighted by Gasteiger charge is -1.81. The van der Waals surface area contributed by atoms with Gasteiger partial charge in [0.05, 0.1) is 0 Å². The Morgan fingerprint density at radius 3 is 1.75 bits per heavy atom. The van der Waals surface area contributed by atoms with Gasteiger partial charge in [-0.2, -0.15) is 0 Å². The standard InChI is InChI=1S/C5H8O2.B/c1-3-5(7)4(2)6;/h3H2,1-2H3;. The van der Waals surface area contributed by atoms with Gasteiger partial charge in [-0.05, 0) is 0 Å². The fraction of sp³-hybridized carbons (Fsp3) is 0.600. The van der Waals surface area contributed by atoms with Crippen molar-refractivity contribution in [1.82, 2.24) is 0 Å². The molecule has 0 aliphatic rings. The molecule has 0 atom stereocenters. The minimum atomic E-state index is -0.345. The van der Waals surface area contributed by atoms with Crippen molar-refractivity contribution in [3.05, 3.63) is 0 Å². The lowest BCUT2D eigenvalue weighted by molar-refractivity contribution is -0.135. The van der Waals surface area contributed by atoms with Gasteiger partial charge in [-0.25, -0.2) is 0 Å². The van der Waals surface area contributed by atoms with Crippen LogP contribution in [0.3, 0.4) is 0 Å². The molecule has 0 bridgehead atoms. The highest BCUT2D eigenvalue weighted by Crippen LogP contribution is 1.79. The molecule has 3 heteroatoms. The summed E-state index contributed by atoms with van der Waals surface area (Å²) in [5.74, 6) is -0.637. The minimum absolute atomic E-state index is 0. The number of hydrogen-bond acceptors (Lipinski definition) is 2. The summed E-state index contributed by atoms with van der Waals surface area (Å²) in [6, 6.07) is 0. The predicted octanol–water partition coefficient (Wildman–Crippen LogP) is 0.174. The van der Waals surface area contributed by atoms with Gasteiger partial charge in [-0.15, -0.1) is 0 Å². The van der Waals surface area contributed by atoms with Crippen LogP contribution in [0.5, 0.6) is 0 Å². The first-order valence-electron chi connectivity index (χ1n) is 2.22. The second-order valence-corrected chi connectivity index (χ2v) is 1.33. The first-order valence-corrected chi connectivity index (χ1v) is 2.22. The Hall–Kier alpha value is -0.595. The molecule has 43 valence electrons. The highest BCUT2D eigenvalue weighted by molar-refractivity contribution is 6.36. The van der Waals surface area contributed by atoms with Crippen molar-refractivity contribution in [1.29, 1.82) is 0 Å². The Kier molecular flexibility index (Phi) is 5.93. The first kappa shape index (κ1) is 10.4. The molecule has 0 aliphatic heterocycles. The summed E-state index contributed by atoms with van der Waals surface area (Å²) in [6.07, 6.45) is 0.329. The van der Waals surface area contributed by atoms with Crippen molar-refractivity contribution in [2.75, 3.05) is 0 Å². The normalized spacial score (nSPS) is 7.25. The van der Waals surface area contributed by atoms with Crippen LogP contribution in [-0.4, -0.2) is 20.0 Å². The van der Waals surface area contributed by atoms with Crippen LogP contribution in [0.4, 0.5) is 0 Å². The summed E-state index contributed by atoms with van der Waals surface area (Å²) in [7, 11) is 0. The zero-order chi connectivity index (χ0) is 5.86. The molecule has 0 saturated carbocycles. The van der Waals surface area contributed by atoms with E-state index in [0.717, 1.165) is 0 Å². The lowest BCUT2D eigenvalue weighted by atomic mass is 10.2. The third-order valence-electron chi connectivity index (χ3n) is 0.714. The van der Waals surface area contributed by atoms with Crippen LogP contribution in [0, 0.1) is 0 Å². The molecule has 0 N–H and O–H groups in total. The average Bonchev–Trinajstić information content (AvgIpc) is 1.65. The minimum Gasteiger partial charge on any atom is -0.291 e. The Balaban J connectivity index is 0. The van der Waals surface area contributed by atoms with Crippen LogP contribution >= 0.6 is 0 Å². The van der Waals surface area contributed by atoms with Crippen LogP contribution in [-0.2, 0) is 9.59 Å². The second kappa shape index (κ2) is 4.56. The zero-order valence-corrected chi connectivity index (χ0v) is 5.10. The van der Waals surface area contributed by atoms with Gasteiger partial charge < -0.3 is 0 Å². The van der Waals surface area contributed by atoms with E-state index in [1.54, 1.807) is 6.92 Å². The fourth-order valence-corrected chi connectivity index (χ4v) is 0.249. The van der Waals surface area contributed by atoms with Crippen LogP contribution in [0.2, 0.25) is 0 Å². The Labute approximate surface area is 50.8 Å². The molecule has 0 heterocycles. The number of rotatable bonds is 2. The Bertz CT molecular complexity index is 98.6. The van der Waals surface area contributed by atoms with Gasteiger partial charge in [-0.1, -0.05) is 6.92 Å². The average molecular weight is 111 g/mol. The molecule has 2 nitrogen and oxygen atoms in total. The molecule has 0 spiro atoms. The van der Waals surface area contributed by atoms with Crippen molar-refractivity contribution < 1.29 is 9.59 Å². The molecule has 8 heavy (non-hydrogen) atoms. The number of Topliss-reactive ketones (excluding diaryl/α,β-unsaturated/α-hetero) is 2. The van der Waals surface area contributed by atoms with E-state index in [-0.39, 0.29) is 20.0 Å². The van der Waals surface area contributed by atoms with Gasteiger partial charge in [0.2, 0.25) is 0 Å². The third kappa shape index (κ3) is 3.59. The van der Waals surface area contributed by atoms with Crippen molar-refractivity contribution in [2.45, 2.75) is 20.3 Å². The maximum absolute atomic E-state index is 10.2. The van der Waals surface area contributed by atoms with E-state index in [4.69, 9.17) is 0 Å². The van der Waals surface area contributed by atoms with E-state index in [1.807, 2.05) is 0 Å². The molecular weight excluding hydrogens is 103 g/mol. The van der Waals surface area contributed by atoms with Gasteiger partial charge in [0.15, 0.2) is 11.6 Å². The van der Waals surface area contributed by atoms with Gasteiger partial charge in [0, 0.05) is 21.8 Å². The van der Waals surface area contributed by atoms with Gasteiger partial charge in [-0.3, -0.25) is 9.59 Å². The number of hydrogen-bond donors (Lipinski definition) is 0. The molecule has 0 fully saturated rings. The molecule has 0 amide bonds. The summed E-state index contributed by atoms with van der Waals surface area (Å²) < 4.78 is 0. The molecule has 0 saturated heterocycles. The molecule has 0 aromatic heterocycles. The highest BCUT2D eigenvalue weighted by atomic mass is 16.2. The summed E-state index contributed by atoms with van der Waals surface area (Å²) in [4.78, 5) is 20.2. The van der Waals surface area contributed by atoms with E-state index in [9.17, 15) is 9.59 Å². The van der Waals surface area contributed by atoms with Crippen LogP contribution in [0.25, 0.3) is 0 Å². The predicted molar refractivity (Wildman–Crippen MR) is 31.7 cm³/mol. The molecule has 3 radical (unpaired) electrons. The largest absolute Gasteiger partial charge is 0.291 e. The summed E-state index contributed by atoms with van der Waals surface area (Å²) >= 11 is 0. The lowest BCUT2D eigenvalue weighted by Crippen LogP contribution is -2.06. The summed E-state index contributed by atoms with van der Waals surface area (Å²) in [6.45, 7) is 2.95. The SMILES string of the molecule is CCC(=O)C(C)=O.[B]. The Morgan fingerprint density at radius 1 is 1.38 bits per heavy atom. The zero-order valence-electron chi connectivity index (χ0n) is 5.10. The van der Waals surface area contributed by atoms with Gasteiger partial charge in [0.25, 0.3) is 0 Å².